The fraction of sp³-hybridized carbons (Fsp3) is 0.333. The van der Waals surface area contributed by atoms with Gasteiger partial charge >= 0.3 is 0 Å². The molecule has 166 valence electrons. The van der Waals surface area contributed by atoms with Gasteiger partial charge in [-0.05, 0) is 71.3 Å². The molecule has 0 saturated carbocycles. The van der Waals surface area contributed by atoms with Crippen molar-refractivity contribution in [3.05, 3.63) is 67.4 Å². The van der Waals surface area contributed by atoms with Crippen molar-refractivity contribution < 1.29 is 13.9 Å². The van der Waals surface area contributed by atoms with E-state index in [-0.39, 0.29) is 6.61 Å². The molecule has 0 spiro atoms. The van der Waals surface area contributed by atoms with Crippen molar-refractivity contribution >= 4 is 39.7 Å². The molecule has 0 saturated heterocycles. The summed E-state index contributed by atoms with van der Waals surface area (Å²) in [6, 6.07) is 8.33. The minimum absolute atomic E-state index is 0.0215. The second-order valence-electron chi connectivity index (χ2n) is 6.69. The van der Waals surface area contributed by atoms with Crippen molar-refractivity contribution in [2.45, 2.75) is 39.8 Å². The molecule has 0 radical (unpaired) electrons. The van der Waals surface area contributed by atoms with Crippen LogP contribution in [0.1, 0.15) is 37.2 Å². The smallest absolute Gasteiger partial charge is 0.214 e. The number of nitrogens with zero attached hydrogens (tertiary/aromatic N) is 2. The highest BCUT2D eigenvalue weighted by molar-refractivity contribution is 9.10. The first-order valence-electron chi connectivity index (χ1n) is 9.85. The number of aromatic nitrogens is 3. The molecule has 0 unspecified atom stereocenters. The van der Waals surface area contributed by atoms with Gasteiger partial charge < -0.3 is 14.9 Å². The maximum Gasteiger partial charge on any atom is 0.214 e. The van der Waals surface area contributed by atoms with E-state index < -0.39 is 5.82 Å². The van der Waals surface area contributed by atoms with E-state index in [1.165, 1.54) is 6.07 Å². The van der Waals surface area contributed by atoms with Crippen LogP contribution in [0.5, 0.6) is 11.5 Å². The molecule has 0 aliphatic carbocycles. The Hall–Kier alpha value is -2.10. The number of rotatable bonds is 10. The Labute approximate surface area is 198 Å². The molecule has 6 nitrogen and oxygen atoms in total. The van der Waals surface area contributed by atoms with Gasteiger partial charge in [-0.1, -0.05) is 24.6 Å². The maximum absolute atomic E-state index is 14.1. The van der Waals surface area contributed by atoms with Crippen molar-refractivity contribution in [2.75, 3.05) is 12.0 Å². The van der Waals surface area contributed by atoms with Gasteiger partial charge in [0.25, 0.3) is 0 Å². The third-order valence-electron chi connectivity index (χ3n) is 4.45. The molecule has 0 amide bonds. The van der Waals surface area contributed by atoms with Crippen LogP contribution in [0.15, 0.2) is 34.8 Å². The second-order valence-corrected chi connectivity index (χ2v) is 8.34. The maximum atomic E-state index is 14.1. The van der Waals surface area contributed by atoms with Gasteiger partial charge in [0.1, 0.15) is 12.4 Å². The van der Waals surface area contributed by atoms with Crippen LogP contribution in [0, 0.1) is 10.6 Å². The molecule has 0 bridgehead atoms. The Balaban J connectivity index is 1.80. The van der Waals surface area contributed by atoms with Crippen molar-refractivity contribution in [1.29, 1.82) is 0 Å². The Morgan fingerprint density at radius 2 is 2.10 bits per heavy atom. The summed E-state index contributed by atoms with van der Waals surface area (Å²) in [6.07, 6.45) is 1.76. The van der Waals surface area contributed by atoms with Crippen LogP contribution < -0.4 is 14.9 Å². The summed E-state index contributed by atoms with van der Waals surface area (Å²) < 4.78 is 28.7. The number of aromatic amines is 1. The summed E-state index contributed by atoms with van der Waals surface area (Å²) in [5.41, 5.74) is 4.52. The van der Waals surface area contributed by atoms with E-state index in [1.807, 2.05) is 19.1 Å². The predicted octanol–water partition coefficient (Wildman–Crippen LogP) is 6.17. The second kappa shape index (κ2) is 11.0. The summed E-state index contributed by atoms with van der Waals surface area (Å²) in [5.74, 6) is 1.46. The van der Waals surface area contributed by atoms with Gasteiger partial charge in [0.15, 0.2) is 17.3 Å². The Morgan fingerprint density at radius 3 is 2.81 bits per heavy atom. The zero-order chi connectivity index (χ0) is 22.4. The predicted molar refractivity (Wildman–Crippen MR) is 126 cm³/mol. The number of nitrogens with one attached hydrogen (secondary N) is 2. The van der Waals surface area contributed by atoms with E-state index in [4.69, 9.17) is 33.3 Å². The van der Waals surface area contributed by atoms with Gasteiger partial charge in [0.05, 0.1) is 22.6 Å². The average molecular weight is 530 g/mol. The third kappa shape index (κ3) is 5.78. The van der Waals surface area contributed by atoms with Crippen LogP contribution in [-0.2, 0) is 19.6 Å². The summed E-state index contributed by atoms with van der Waals surface area (Å²) in [5, 5.41) is 7.38. The van der Waals surface area contributed by atoms with Crippen LogP contribution in [0.2, 0.25) is 5.02 Å². The molecule has 2 aromatic carbocycles. The lowest BCUT2D eigenvalue weighted by Gasteiger charge is -2.17. The molecule has 2 N–H and O–H groups in total. The SMILES string of the molecule is CCCc1n[nH]c(=S)n1NCc1cc(Br)c(OCc2c(F)cccc2Cl)c(OCC)c1. The number of ether oxygens (including phenoxy) is 2. The van der Waals surface area contributed by atoms with E-state index in [9.17, 15) is 4.39 Å². The molecular weight excluding hydrogens is 507 g/mol. The molecule has 10 heteroatoms. The van der Waals surface area contributed by atoms with Crippen LogP contribution in [-0.4, -0.2) is 21.5 Å². The van der Waals surface area contributed by atoms with E-state index in [1.54, 1.807) is 16.8 Å². The summed E-state index contributed by atoms with van der Waals surface area (Å²) in [4.78, 5) is 0. The van der Waals surface area contributed by atoms with E-state index in [0.29, 0.717) is 44.5 Å². The van der Waals surface area contributed by atoms with Crippen LogP contribution in [0.25, 0.3) is 0 Å². The summed E-state index contributed by atoms with van der Waals surface area (Å²) in [7, 11) is 0. The van der Waals surface area contributed by atoms with Crippen molar-refractivity contribution in [1.82, 2.24) is 14.9 Å². The van der Waals surface area contributed by atoms with E-state index >= 15 is 0 Å². The number of halogens is 3. The van der Waals surface area contributed by atoms with Gasteiger partial charge in [0, 0.05) is 12.0 Å². The topological polar surface area (TPSA) is 64.1 Å². The minimum atomic E-state index is -0.415. The lowest BCUT2D eigenvalue weighted by molar-refractivity contribution is 0.264. The first kappa shape index (κ1) is 23.6. The number of H-pyrrole nitrogens is 1. The Morgan fingerprint density at radius 1 is 1.29 bits per heavy atom. The van der Waals surface area contributed by atoms with Gasteiger partial charge in [-0.3, -0.25) is 5.10 Å². The van der Waals surface area contributed by atoms with Crippen LogP contribution in [0.4, 0.5) is 4.39 Å². The average Bonchev–Trinajstić information content (AvgIpc) is 3.07. The highest BCUT2D eigenvalue weighted by atomic mass is 79.9. The fourth-order valence-corrected chi connectivity index (χ4v) is 4.03. The molecule has 3 rings (SSSR count). The number of hydrogen-bond acceptors (Lipinski definition) is 5. The number of aryl methyl sites for hydroxylation is 1. The lowest BCUT2D eigenvalue weighted by atomic mass is 10.2. The van der Waals surface area contributed by atoms with Crippen molar-refractivity contribution in [2.24, 2.45) is 0 Å². The number of hydrogen-bond donors (Lipinski definition) is 2. The number of benzene rings is 2. The monoisotopic (exact) mass is 528 g/mol. The van der Waals surface area contributed by atoms with Gasteiger partial charge in [-0.25, -0.2) is 9.07 Å². The normalized spacial score (nSPS) is 10.9. The van der Waals surface area contributed by atoms with Crippen molar-refractivity contribution in [3.8, 4) is 11.5 Å². The molecule has 0 aliphatic heterocycles. The lowest BCUT2D eigenvalue weighted by Crippen LogP contribution is -2.17. The quantitative estimate of drug-likeness (QED) is 0.308. The van der Waals surface area contributed by atoms with Gasteiger partial charge in [-0.15, -0.1) is 0 Å². The molecule has 0 fully saturated rings. The first-order valence-corrected chi connectivity index (χ1v) is 11.4. The Bertz CT molecular complexity index is 1090. The van der Waals surface area contributed by atoms with Crippen LogP contribution in [0.3, 0.4) is 0 Å². The summed E-state index contributed by atoms with van der Waals surface area (Å²) >= 11 is 15.0. The highest BCUT2D eigenvalue weighted by Gasteiger charge is 2.15. The van der Waals surface area contributed by atoms with Gasteiger partial charge in [0.2, 0.25) is 4.77 Å². The van der Waals surface area contributed by atoms with Crippen LogP contribution >= 0.6 is 39.7 Å². The molecular formula is C21H23BrClFN4O2S. The third-order valence-corrected chi connectivity index (χ3v) is 5.67. The fourth-order valence-electron chi connectivity index (χ4n) is 3.00. The zero-order valence-corrected chi connectivity index (χ0v) is 20.3. The first-order chi connectivity index (χ1) is 14.9. The standard InChI is InChI=1S/C21H23BrClFN4O2S/c1-3-6-19-26-27-21(31)28(19)25-11-13-9-15(22)20(18(10-13)29-4-2)30-12-14-16(23)7-5-8-17(14)24/h5,7-10,25H,3-4,6,11-12H2,1-2H3,(H,27,31). The minimum Gasteiger partial charge on any atom is -0.490 e. The largest absolute Gasteiger partial charge is 0.490 e. The van der Waals surface area contributed by atoms with E-state index in [0.717, 1.165) is 24.2 Å². The molecule has 0 atom stereocenters. The molecule has 3 aromatic rings. The van der Waals surface area contributed by atoms with E-state index in [2.05, 4.69) is 38.5 Å². The molecule has 31 heavy (non-hydrogen) atoms. The Kier molecular flexibility index (Phi) is 8.34. The van der Waals surface area contributed by atoms with Gasteiger partial charge in [-0.2, -0.15) is 5.10 Å². The van der Waals surface area contributed by atoms with Crippen molar-refractivity contribution in [3.63, 3.8) is 0 Å². The molecule has 1 heterocycles. The zero-order valence-electron chi connectivity index (χ0n) is 17.2. The highest BCUT2D eigenvalue weighted by Crippen LogP contribution is 2.38. The molecule has 1 aromatic heterocycles. The molecule has 0 aliphatic rings. The summed E-state index contributed by atoms with van der Waals surface area (Å²) in [6.45, 7) is 4.89.